The molecule has 0 aromatic heterocycles. The van der Waals surface area contributed by atoms with Gasteiger partial charge in [0, 0.05) is 22.5 Å². The second kappa shape index (κ2) is 12.5. The van der Waals surface area contributed by atoms with E-state index in [2.05, 4.69) is 15.6 Å². The van der Waals surface area contributed by atoms with Crippen molar-refractivity contribution in [2.24, 2.45) is 10.7 Å². The molecule has 0 aliphatic heterocycles. The molecule has 0 aliphatic carbocycles. The largest absolute Gasteiger partial charge is 0.493 e. The van der Waals surface area contributed by atoms with E-state index in [1.54, 1.807) is 48.5 Å². The van der Waals surface area contributed by atoms with Gasteiger partial charge >= 0.3 is 0 Å². The van der Waals surface area contributed by atoms with Crippen LogP contribution in [-0.4, -0.2) is 38.3 Å². The first-order chi connectivity index (χ1) is 18.9. The van der Waals surface area contributed by atoms with E-state index in [1.807, 2.05) is 42.5 Å². The molecule has 1 amide bonds. The van der Waals surface area contributed by atoms with Crippen LogP contribution in [0.15, 0.2) is 96.0 Å². The highest BCUT2D eigenvalue weighted by molar-refractivity contribution is 6.05. The fourth-order valence-corrected chi connectivity index (χ4v) is 3.96. The quantitative estimate of drug-likeness (QED) is 0.178. The van der Waals surface area contributed by atoms with Crippen molar-refractivity contribution in [3.63, 3.8) is 0 Å². The van der Waals surface area contributed by atoms with Crippen LogP contribution in [0.1, 0.15) is 22.1 Å². The number of carbonyl (C=O) groups excluding carboxylic acids is 1. The van der Waals surface area contributed by atoms with E-state index in [0.29, 0.717) is 39.8 Å². The van der Waals surface area contributed by atoms with E-state index in [9.17, 15) is 9.90 Å². The molecule has 9 heteroatoms. The summed E-state index contributed by atoms with van der Waals surface area (Å²) in [6.45, 7) is 0. The number of aliphatic hydroxyl groups excluding tert-OH is 1. The van der Waals surface area contributed by atoms with E-state index in [1.165, 1.54) is 21.3 Å². The number of nitrogens with zero attached hydrogens (tertiary/aromatic N) is 1. The molecule has 0 aliphatic rings. The van der Waals surface area contributed by atoms with Gasteiger partial charge in [-0.2, -0.15) is 0 Å². The number of methoxy groups -OCH3 is 3. The Morgan fingerprint density at radius 3 is 1.95 bits per heavy atom. The molecular formula is C30H30N4O5. The highest BCUT2D eigenvalue weighted by Crippen LogP contribution is 2.39. The molecule has 4 aromatic rings. The SMILES string of the molecule is COc1cc(C(O)N=C(N)Nc2cccc(NC(=O)c3ccc(-c4ccccc4)cc3)c2)cc(OC)c1OC. The third kappa shape index (κ3) is 6.65. The molecule has 5 N–H and O–H groups in total. The molecule has 0 bridgehead atoms. The number of nitrogens with two attached hydrogens (primary N) is 1. The topological polar surface area (TPSA) is 127 Å². The predicted octanol–water partition coefficient (Wildman–Crippen LogP) is 5.05. The maximum Gasteiger partial charge on any atom is 0.255 e. The number of benzene rings is 4. The summed E-state index contributed by atoms with van der Waals surface area (Å²) < 4.78 is 16.0. The monoisotopic (exact) mass is 526 g/mol. The number of nitrogens with one attached hydrogen (secondary N) is 2. The number of ether oxygens (including phenoxy) is 3. The summed E-state index contributed by atoms with van der Waals surface area (Å²) in [6.07, 6.45) is -1.30. The van der Waals surface area contributed by atoms with Gasteiger partial charge in [-0.1, -0.05) is 48.5 Å². The van der Waals surface area contributed by atoms with E-state index in [0.717, 1.165) is 11.1 Å². The first-order valence-electron chi connectivity index (χ1n) is 12.1. The number of anilines is 2. The van der Waals surface area contributed by atoms with Crippen LogP contribution in [0.4, 0.5) is 11.4 Å². The smallest absolute Gasteiger partial charge is 0.255 e. The summed E-state index contributed by atoms with van der Waals surface area (Å²) in [5.41, 5.74) is 10.2. The van der Waals surface area contributed by atoms with Crippen LogP contribution in [0.5, 0.6) is 17.2 Å². The van der Waals surface area contributed by atoms with Crippen LogP contribution >= 0.6 is 0 Å². The minimum atomic E-state index is -1.30. The van der Waals surface area contributed by atoms with Crippen molar-refractivity contribution in [1.29, 1.82) is 0 Å². The minimum Gasteiger partial charge on any atom is -0.493 e. The zero-order valence-corrected chi connectivity index (χ0v) is 21.8. The van der Waals surface area contributed by atoms with Crippen molar-refractivity contribution in [3.05, 3.63) is 102 Å². The van der Waals surface area contributed by atoms with Crippen LogP contribution in [0.3, 0.4) is 0 Å². The second-order valence-corrected chi connectivity index (χ2v) is 8.45. The fourth-order valence-electron chi connectivity index (χ4n) is 3.96. The first kappa shape index (κ1) is 27.0. The van der Waals surface area contributed by atoms with Gasteiger partial charge in [0.15, 0.2) is 23.7 Å². The molecule has 39 heavy (non-hydrogen) atoms. The Kier molecular flexibility index (Phi) is 8.65. The molecular weight excluding hydrogens is 496 g/mol. The highest BCUT2D eigenvalue weighted by atomic mass is 16.5. The van der Waals surface area contributed by atoms with E-state index in [4.69, 9.17) is 19.9 Å². The normalized spacial score (nSPS) is 11.8. The van der Waals surface area contributed by atoms with Crippen molar-refractivity contribution in [1.82, 2.24) is 0 Å². The van der Waals surface area contributed by atoms with Crippen molar-refractivity contribution in [2.45, 2.75) is 6.23 Å². The number of guanidine groups is 1. The van der Waals surface area contributed by atoms with Crippen LogP contribution < -0.4 is 30.6 Å². The zero-order valence-electron chi connectivity index (χ0n) is 21.8. The number of aliphatic imine (C=N–C) groups is 1. The van der Waals surface area contributed by atoms with E-state index in [-0.39, 0.29) is 11.9 Å². The molecule has 200 valence electrons. The third-order valence-corrected chi connectivity index (χ3v) is 5.89. The standard InChI is InChI=1S/C30H30N4O5/c1-37-25-16-22(17-26(38-2)27(25)39-3)29(36)34-30(31)33-24-11-7-10-23(18-24)32-28(35)21-14-12-20(13-15-21)19-8-5-4-6-9-19/h4-18,29,36H,1-3H3,(H,32,35)(H3,31,33,34). The number of aliphatic hydroxyl groups is 1. The number of carbonyl (C=O) groups is 1. The Labute approximate surface area is 226 Å². The molecule has 0 radical (unpaired) electrons. The Balaban J connectivity index is 1.43. The Bertz CT molecular complexity index is 1430. The lowest BCUT2D eigenvalue weighted by atomic mass is 10.0. The van der Waals surface area contributed by atoms with Crippen molar-refractivity contribution < 1.29 is 24.1 Å². The lowest BCUT2D eigenvalue weighted by Gasteiger charge is -2.16. The maximum atomic E-state index is 12.8. The molecule has 0 saturated heterocycles. The summed E-state index contributed by atoms with van der Waals surface area (Å²) in [6, 6.07) is 27.5. The third-order valence-electron chi connectivity index (χ3n) is 5.89. The Morgan fingerprint density at radius 2 is 1.36 bits per heavy atom. The van der Waals surface area contributed by atoms with Gasteiger partial charge in [-0.3, -0.25) is 4.79 Å². The van der Waals surface area contributed by atoms with Crippen molar-refractivity contribution >= 4 is 23.2 Å². The highest BCUT2D eigenvalue weighted by Gasteiger charge is 2.17. The van der Waals surface area contributed by atoms with Gasteiger partial charge in [0.25, 0.3) is 5.91 Å². The van der Waals surface area contributed by atoms with Crippen molar-refractivity contribution in [3.8, 4) is 28.4 Å². The van der Waals surface area contributed by atoms with Crippen LogP contribution in [0.25, 0.3) is 11.1 Å². The Morgan fingerprint density at radius 1 is 0.769 bits per heavy atom. The van der Waals surface area contributed by atoms with Gasteiger partial charge in [-0.15, -0.1) is 0 Å². The molecule has 0 fully saturated rings. The molecule has 4 aromatic carbocycles. The lowest BCUT2D eigenvalue weighted by molar-refractivity contribution is 0.102. The molecule has 0 saturated carbocycles. The molecule has 0 heterocycles. The number of amides is 1. The predicted molar refractivity (Wildman–Crippen MR) is 153 cm³/mol. The summed E-state index contributed by atoms with van der Waals surface area (Å²) in [4.78, 5) is 16.9. The molecule has 1 unspecified atom stereocenters. The summed E-state index contributed by atoms with van der Waals surface area (Å²) in [7, 11) is 4.46. The minimum absolute atomic E-state index is 0.0313. The van der Waals surface area contributed by atoms with Gasteiger partial charge < -0.3 is 35.7 Å². The summed E-state index contributed by atoms with van der Waals surface area (Å²) in [5, 5.41) is 16.5. The van der Waals surface area contributed by atoms with Gasteiger partial charge in [0.1, 0.15) is 0 Å². The van der Waals surface area contributed by atoms with Gasteiger partial charge in [0.05, 0.1) is 21.3 Å². The molecule has 4 rings (SSSR count). The van der Waals surface area contributed by atoms with E-state index >= 15 is 0 Å². The number of rotatable bonds is 9. The first-order valence-corrected chi connectivity index (χ1v) is 12.1. The van der Waals surface area contributed by atoms with Crippen LogP contribution in [0.2, 0.25) is 0 Å². The summed E-state index contributed by atoms with van der Waals surface area (Å²) in [5.74, 6) is 0.885. The van der Waals surface area contributed by atoms with Crippen LogP contribution in [-0.2, 0) is 0 Å². The number of hydrogen-bond acceptors (Lipinski definition) is 6. The second-order valence-electron chi connectivity index (χ2n) is 8.45. The van der Waals surface area contributed by atoms with Gasteiger partial charge in [-0.05, 0) is 53.6 Å². The molecule has 0 spiro atoms. The Hall–Kier alpha value is -5.02. The van der Waals surface area contributed by atoms with Gasteiger partial charge in [-0.25, -0.2) is 4.99 Å². The zero-order chi connectivity index (χ0) is 27.8. The summed E-state index contributed by atoms with van der Waals surface area (Å²) >= 11 is 0. The van der Waals surface area contributed by atoms with Crippen LogP contribution in [0, 0.1) is 0 Å². The number of hydrogen-bond donors (Lipinski definition) is 4. The average molecular weight is 527 g/mol. The molecule has 9 nitrogen and oxygen atoms in total. The molecule has 1 atom stereocenters. The van der Waals surface area contributed by atoms with E-state index < -0.39 is 6.23 Å². The lowest BCUT2D eigenvalue weighted by Crippen LogP contribution is -2.23. The average Bonchev–Trinajstić information content (AvgIpc) is 2.96. The fraction of sp³-hybridized carbons (Fsp3) is 0.133. The van der Waals surface area contributed by atoms with Gasteiger partial charge in [0.2, 0.25) is 5.75 Å². The van der Waals surface area contributed by atoms with Crippen molar-refractivity contribution in [2.75, 3.05) is 32.0 Å². The maximum absolute atomic E-state index is 12.8.